The molecule has 0 bridgehead atoms. The van der Waals surface area contributed by atoms with Crippen LogP contribution in [0, 0.1) is 58.5 Å². The van der Waals surface area contributed by atoms with Crippen LogP contribution >= 0.6 is 0 Å². The van der Waals surface area contributed by atoms with Crippen molar-refractivity contribution in [3.8, 4) is 91.3 Å². The van der Waals surface area contributed by atoms with Crippen molar-refractivity contribution in [3.63, 3.8) is 0 Å². The Hall–Kier alpha value is -11.5. The molecule has 2 heterocycles. The molecule has 0 fully saturated rings. The van der Waals surface area contributed by atoms with Gasteiger partial charge in [0.05, 0.1) is 98.7 Å². The van der Waals surface area contributed by atoms with Crippen LogP contribution in [0.1, 0.15) is 27.8 Å². The van der Waals surface area contributed by atoms with E-state index < -0.39 is 11.7 Å². The molecule has 362 valence electrons. The fraction of sp³-hybridized carbons (Fsp3) is 0.0149. The molecule has 0 aliphatic rings. The third-order valence-electron chi connectivity index (χ3n) is 14.4. The van der Waals surface area contributed by atoms with Crippen LogP contribution in [-0.4, -0.2) is 9.13 Å². The lowest BCUT2D eigenvalue weighted by atomic mass is 9.96. The van der Waals surface area contributed by atoms with E-state index in [1.165, 1.54) is 6.07 Å². The van der Waals surface area contributed by atoms with Crippen LogP contribution in [0.2, 0.25) is 0 Å². The molecule has 11 heteroatoms. The van der Waals surface area contributed by atoms with Crippen LogP contribution < -0.4 is 0 Å². The molecule has 2 aromatic heterocycles. The van der Waals surface area contributed by atoms with Crippen LogP contribution in [0.25, 0.3) is 120 Å². The van der Waals surface area contributed by atoms with Crippen molar-refractivity contribution in [1.29, 1.82) is 21.0 Å². The van der Waals surface area contributed by atoms with Crippen molar-refractivity contribution < 1.29 is 13.2 Å². The Morgan fingerprint density at radius 1 is 0.385 bits per heavy atom. The molecule has 8 nitrogen and oxygen atoms in total. The van der Waals surface area contributed by atoms with Gasteiger partial charge in [-0.3, -0.25) is 0 Å². The van der Waals surface area contributed by atoms with Gasteiger partial charge in [-0.05, 0) is 122 Å². The molecule has 0 atom stereocenters. The lowest BCUT2D eigenvalue weighted by Gasteiger charge is -2.21. The highest BCUT2D eigenvalue weighted by Crippen LogP contribution is 2.49. The summed E-state index contributed by atoms with van der Waals surface area (Å²) in [7, 11) is 0. The highest BCUT2D eigenvalue weighted by Gasteiger charge is 2.33. The van der Waals surface area contributed by atoms with Gasteiger partial charge in [0, 0.05) is 21.5 Å². The van der Waals surface area contributed by atoms with Crippen molar-refractivity contribution in [2.24, 2.45) is 0 Å². The first-order valence-electron chi connectivity index (χ1n) is 24.4. The zero-order chi connectivity index (χ0) is 53.8. The number of rotatable bonds is 7. The van der Waals surface area contributed by atoms with E-state index in [1.807, 2.05) is 137 Å². The zero-order valence-corrected chi connectivity index (χ0v) is 40.8. The molecular weight excluding hydrogens is 974 g/mol. The first-order chi connectivity index (χ1) is 38.0. The first-order valence-corrected chi connectivity index (χ1v) is 24.4. The maximum atomic E-state index is 15.0. The average Bonchev–Trinajstić information content (AvgIpc) is 4.20. The summed E-state index contributed by atoms with van der Waals surface area (Å²) in [6, 6.07) is 67.5. The van der Waals surface area contributed by atoms with Gasteiger partial charge in [-0.1, -0.05) is 133 Å². The standard InChI is InChI=1S/C67H33F3N8/c1-75-59-18-10-9-17-53(59)44-22-26-56-55-23-19-41(50-14-6-3-11-45(50)37-72)32-61(55)77(62(56)35-44)60-28-27-54(48-29-40(36-71)30-49(31-48)67(68,69)70)66(65(60)76-2)78-63-33-42(51-15-7-4-12-46(51)38-73)20-24-57(63)58-25-21-43(34-64(58)78)52-16-8-5-13-47(52)39-74/h3-35H. The molecule has 0 amide bonds. The number of benzene rings is 10. The molecule has 0 radical (unpaired) electrons. The molecule has 0 aliphatic heterocycles. The van der Waals surface area contributed by atoms with Gasteiger partial charge < -0.3 is 9.13 Å². The number of nitrogens with zero attached hydrogens (tertiary/aromatic N) is 8. The quantitative estimate of drug-likeness (QED) is 0.148. The topological polar surface area (TPSA) is 114 Å². The number of hydrogen-bond donors (Lipinski definition) is 0. The van der Waals surface area contributed by atoms with Crippen LogP contribution in [0.3, 0.4) is 0 Å². The third kappa shape index (κ3) is 7.73. The molecule has 0 N–H and O–H groups in total. The average molecular weight is 1010 g/mol. The van der Waals surface area contributed by atoms with Gasteiger partial charge in [0.15, 0.2) is 5.69 Å². The number of hydrogen-bond acceptors (Lipinski definition) is 4. The van der Waals surface area contributed by atoms with Gasteiger partial charge >= 0.3 is 6.18 Å². The second-order valence-corrected chi connectivity index (χ2v) is 18.5. The van der Waals surface area contributed by atoms with Crippen molar-refractivity contribution in [2.75, 3.05) is 0 Å². The second kappa shape index (κ2) is 18.8. The van der Waals surface area contributed by atoms with Crippen molar-refractivity contribution in [3.05, 3.63) is 251 Å². The van der Waals surface area contributed by atoms with Crippen molar-refractivity contribution >= 4 is 55.0 Å². The van der Waals surface area contributed by atoms with Gasteiger partial charge in [-0.15, -0.1) is 0 Å². The Bertz CT molecular complexity index is 4590. The molecule has 12 rings (SSSR count). The van der Waals surface area contributed by atoms with Crippen molar-refractivity contribution in [2.45, 2.75) is 6.18 Å². The third-order valence-corrected chi connectivity index (χ3v) is 14.4. The van der Waals surface area contributed by atoms with Crippen LogP contribution in [0.15, 0.2) is 200 Å². The van der Waals surface area contributed by atoms with E-state index >= 15 is 0 Å². The summed E-state index contributed by atoms with van der Waals surface area (Å²) in [6.07, 6.45) is -4.85. The highest BCUT2D eigenvalue weighted by atomic mass is 19.4. The summed E-state index contributed by atoms with van der Waals surface area (Å²) < 4.78 is 48.8. The Kier molecular flexibility index (Phi) is 11.4. The maximum Gasteiger partial charge on any atom is 0.416 e. The number of halogens is 3. The van der Waals surface area contributed by atoms with Crippen LogP contribution in [-0.2, 0) is 6.18 Å². The monoisotopic (exact) mass is 1010 g/mol. The molecule has 78 heavy (non-hydrogen) atoms. The number of fused-ring (bicyclic) bond motifs is 6. The SMILES string of the molecule is [C-]#[N+]c1ccccc1-c1ccc2c3ccc(-c4ccccc4C#N)cc3n(-c3ccc(-c4cc(C#N)cc(C(F)(F)F)c4)c(-n4c5cc(-c6ccccc6C#N)ccc5c5ccc(-c6ccccc6C#N)cc54)c3[N+]#[C-])c2c1. The Morgan fingerprint density at radius 2 is 0.808 bits per heavy atom. The lowest BCUT2D eigenvalue weighted by Crippen LogP contribution is -2.07. The molecular formula is C67H33F3N8. The Labute approximate surface area is 444 Å². The first kappa shape index (κ1) is 47.5. The molecule has 12 aromatic rings. The summed E-state index contributed by atoms with van der Waals surface area (Å²) in [5.74, 6) is 0. The normalized spacial score (nSPS) is 11.2. The van der Waals surface area contributed by atoms with Gasteiger partial charge in [-0.25, -0.2) is 9.69 Å². The van der Waals surface area contributed by atoms with Gasteiger partial charge in [-0.2, -0.15) is 34.2 Å². The molecule has 0 saturated carbocycles. The predicted molar refractivity (Wildman–Crippen MR) is 299 cm³/mol. The summed E-state index contributed by atoms with van der Waals surface area (Å²) >= 11 is 0. The van der Waals surface area contributed by atoms with E-state index in [1.54, 1.807) is 60.7 Å². The molecule has 0 saturated heterocycles. The van der Waals surface area contributed by atoms with Gasteiger partial charge in [0.25, 0.3) is 0 Å². The number of aromatic nitrogens is 2. The largest absolute Gasteiger partial charge is 0.416 e. The fourth-order valence-electron chi connectivity index (χ4n) is 10.9. The maximum absolute atomic E-state index is 15.0. The Morgan fingerprint density at radius 3 is 1.23 bits per heavy atom. The minimum Gasteiger partial charge on any atom is -0.319 e. The zero-order valence-electron chi connectivity index (χ0n) is 40.8. The van der Waals surface area contributed by atoms with E-state index in [2.05, 4.69) is 27.9 Å². The minimum atomic E-state index is -4.85. The fourth-order valence-corrected chi connectivity index (χ4v) is 10.9. The molecule has 0 spiro atoms. The van der Waals surface area contributed by atoms with Gasteiger partial charge in [0.1, 0.15) is 0 Å². The molecule has 0 unspecified atom stereocenters. The van der Waals surface area contributed by atoms with E-state index in [-0.39, 0.29) is 28.1 Å². The summed E-state index contributed by atoms with van der Waals surface area (Å²) in [5.41, 5.74) is 8.98. The number of nitriles is 4. The summed E-state index contributed by atoms with van der Waals surface area (Å²) in [6.45, 7) is 17.4. The van der Waals surface area contributed by atoms with E-state index in [0.29, 0.717) is 89.1 Å². The Balaban J connectivity index is 1.28. The molecule has 0 aliphatic carbocycles. The van der Waals surface area contributed by atoms with Gasteiger partial charge in [0.2, 0.25) is 5.69 Å². The van der Waals surface area contributed by atoms with Crippen LogP contribution in [0.5, 0.6) is 0 Å². The summed E-state index contributed by atoms with van der Waals surface area (Å²) in [5, 5.41) is 44.2. The minimum absolute atomic E-state index is 0.0236. The highest BCUT2D eigenvalue weighted by molar-refractivity contribution is 6.15. The van der Waals surface area contributed by atoms with Crippen molar-refractivity contribution in [1.82, 2.24) is 9.13 Å². The molecule has 10 aromatic carbocycles. The lowest BCUT2D eigenvalue weighted by molar-refractivity contribution is -0.137. The van der Waals surface area contributed by atoms with E-state index in [4.69, 9.17) is 6.57 Å². The smallest absolute Gasteiger partial charge is 0.319 e. The van der Waals surface area contributed by atoms with E-state index in [9.17, 15) is 40.8 Å². The number of alkyl halides is 3. The predicted octanol–water partition coefficient (Wildman–Crippen LogP) is 17.8. The number of para-hydroxylation sites is 1. The van der Waals surface area contributed by atoms with E-state index in [0.717, 1.165) is 39.2 Å². The summed E-state index contributed by atoms with van der Waals surface area (Å²) in [4.78, 5) is 8.22. The second-order valence-electron chi connectivity index (χ2n) is 18.5. The van der Waals surface area contributed by atoms with Crippen LogP contribution in [0.4, 0.5) is 24.5 Å².